The summed E-state index contributed by atoms with van der Waals surface area (Å²) in [5.74, 6) is 0.740. The van der Waals surface area contributed by atoms with Crippen molar-refractivity contribution in [1.29, 1.82) is 0 Å². The zero-order valence-corrected chi connectivity index (χ0v) is 14.5. The first-order valence-corrected chi connectivity index (χ1v) is 8.93. The summed E-state index contributed by atoms with van der Waals surface area (Å²) in [6.07, 6.45) is 0. The van der Waals surface area contributed by atoms with Crippen LogP contribution in [0.2, 0.25) is 0 Å². The van der Waals surface area contributed by atoms with E-state index in [-0.39, 0.29) is 10.0 Å². The second kappa shape index (κ2) is 7.43. The van der Waals surface area contributed by atoms with Gasteiger partial charge in [-0.15, -0.1) is 0 Å². The second-order valence-electron chi connectivity index (χ2n) is 4.83. The van der Waals surface area contributed by atoms with Crippen LogP contribution < -0.4 is 14.8 Å². The molecule has 0 saturated carbocycles. The van der Waals surface area contributed by atoms with E-state index in [0.29, 0.717) is 12.3 Å². The van der Waals surface area contributed by atoms with E-state index in [4.69, 9.17) is 17.0 Å². The summed E-state index contributed by atoms with van der Waals surface area (Å²) in [5, 5.41) is 2.84. The summed E-state index contributed by atoms with van der Waals surface area (Å²) >= 11 is 5.06. The first kappa shape index (κ1) is 17.2. The van der Waals surface area contributed by atoms with Crippen LogP contribution in [0.25, 0.3) is 0 Å². The maximum absolute atomic E-state index is 12.2. The van der Waals surface area contributed by atoms with E-state index in [2.05, 4.69) is 10.0 Å². The molecule has 0 unspecified atom stereocenters. The average molecular weight is 350 g/mol. The highest BCUT2D eigenvalue weighted by atomic mass is 32.2. The number of anilines is 1. The molecule has 5 nitrogen and oxygen atoms in total. The van der Waals surface area contributed by atoms with Gasteiger partial charge in [0.1, 0.15) is 5.75 Å². The van der Waals surface area contributed by atoms with Gasteiger partial charge in [0, 0.05) is 5.69 Å². The van der Waals surface area contributed by atoms with Gasteiger partial charge < -0.3 is 10.1 Å². The smallest absolute Gasteiger partial charge is 0.263 e. The van der Waals surface area contributed by atoms with Crippen LogP contribution >= 0.6 is 12.2 Å². The third-order valence-electron chi connectivity index (χ3n) is 2.98. The normalized spacial score (nSPS) is 10.9. The highest BCUT2D eigenvalue weighted by Crippen LogP contribution is 2.16. The first-order valence-electron chi connectivity index (χ1n) is 7.04. The molecule has 2 aromatic carbocycles. The van der Waals surface area contributed by atoms with Crippen LogP contribution in [0, 0.1) is 6.92 Å². The fourth-order valence-electron chi connectivity index (χ4n) is 1.86. The van der Waals surface area contributed by atoms with Gasteiger partial charge in [0.25, 0.3) is 10.0 Å². The number of benzene rings is 2. The molecule has 0 radical (unpaired) electrons. The van der Waals surface area contributed by atoms with Gasteiger partial charge in [-0.05, 0) is 62.5 Å². The molecule has 0 heterocycles. The van der Waals surface area contributed by atoms with Gasteiger partial charge >= 0.3 is 0 Å². The number of ether oxygens (including phenoxy) is 1. The maximum Gasteiger partial charge on any atom is 0.263 e. The van der Waals surface area contributed by atoms with Crippen LogP contribution in [0.4, 0.5) is 5.69 Å². The van der Waals surface area contributed by atoms with Crippen molar-refractivity contribution in [2.45, 2.75) is 18.7 Å². The number of sulfonamides is 1. The molecular formula is C16H18N2O3S2. The minimum absolute atomic E-state index is 0.00901. The molecule has 0 fully saturated rings. The van der Waals surface area contributed by atoms with Crippen molar-refractivity contribution < 1.29 is 13.2 Å². The summed E-state index contributed by atoms with van der Waals surface area (Å²) in [4.78, 5) is 0.166. The van der Waals surface area contributed by atoms with E-state index in [9.17, 15) is 8.42 Å². The summed E-state index contributed by atoms with van der Waals surface area (Å²) in [6, 6.07) is 13.6. The molecule has 2 aromatic rings. The Kier molecular flexibility index (Phi) is 5.57. The van der Waals surface area contributed by atoms with Crippen molar-refractivity contribution in [3.05, 3.63) is 54.1 Å². The Morgan fingerprint density at radius 2 is 1.70 bits per heavy atom. The molecule has 2 N–H and O–H groups in total. The Hall–Kier alpha value is -2.12. The molecule has 0 bridgehead atoms. The molecule has 0 aliphatic carbocycles. The molecule has 0 saturated heterocycles. The van der Waals surface area contributed by atoms with Gasteiger partial charge in [0.05, 0.1) is 11.5 Å². The summed E-state index contributed by atoms with van der Waals surface area (Å²) in [7, 11) is -3.69. The Balaban J connectivity index is 2.02. The molecule has 122 valence electrons. The van der Waals surface area contributed by atoms with E-state index < -0.39 is 10.0 Å². The van der Waals surface area contributed by atoms with Crippen LogP contribution in [-0.2, 0) is 10.0 Å². The Morgan fingerprint density at radius 1 is 1.09 bits per heavy atom. The lowest BCUT2D eigenvalue weighted by Crippen LogP contribution is -2.34. The fraction of sp³-hybridized carbons (Fsp3) is 0.188. The number of hydrogen-bond acceptors (Lipinski definition) is 4. The zero-order chi connectivity index (χ0) is 16.9. The van der Waals surface area contributed by atoms with E-state index in [0.717, 1.165) is 11.3 Å². The quantitative estimate of drug-likeness (QED) is 0.811. The molecule has 0 atom stereocenters. The largest absolute Gasteiger partial charge is 0.494 e. The molecule has 23 heavy (non-hydrogen) atoms. The van der Waals surface area contributed by atoms with Crippen molar-refractivity contribution in [3.63, 3.8) is 0 Å². The molecule has 2 rings (SSSR count). The molecule has 0 amide bonds. The average Bonchev–Trinajstić information content (AvgIpc) is 2.49. The van der Waals surface area contributed by atoms with Gasteiger partial charge in [0.2, 0.25) is 0 Å². The SMILES string of the molecule is CCOc1ccc(NC(=S)NS(=O)(=O)c2ccc(C)cc2)cc1. The van der Waals surface area contributed by atoms with Gasteiger partial charge in [0.15, 0.2) is 5.11 Å². The summed E-state index contributed by atoms with van der Waals surface area (Å²) in [5.41, 5.74) is 1.66. The standard InChI is InChI=1S/C16H18N2O3S2/c1-3-21-14-8-6-13(7-9-14)17-16(22)18-23(19,20)15-10-4-12(2)5-11-15/h4-11H,3H2,1-2H3,(H2,17,18,22). The summed E-state index contributed by atoms with van der Waals surface area (Å²) < 4.78 is 32.1. The van der Waals surface area contributed by atoms with Crippen molar-refractivity contribution >= 4 is 33.0 Å². The molecule has 7 heteroatoms. The molecule has 0 aliphatic heterocycles. The third kappa shape index (κ3) is 4.94. The monoisotopic (exact) mass is 350 g/mol. The van der Waals surface area contributed by atoms with E-state index in [1.54, 1.807) is 36.4 Å². The van der Waals surface area contributed by atoms with E-state index in [1.807, 2.05) is 13.8 Å². The number of nitrogens with one attached hydrogen (secondary N) is 2. The minimum Gasteiger partial charge on any atom is -0.494 e. The number of aryl methyl sites for hydroxylation is 1. The first-order chi connectivity index (χ1) is 10.9. The Bertz CT molecular complexity index is 770. The number of thiocarbonyl (C=S) groups is 1. The van der Waals surface area contributed by atoms with E-state index in [1.165, 1.54) is 12.1 Å². The van der Waals surface area contributed by atoms with Crippen molar-refractivity contribution in [2.24, 2.45) is 0 Å². The van der Waals surface area contributed by atoms with Crippen molar-refractivity contribution in [2.75, 3.05) is 11.9 Å². The third-order valence-corrected chi connectivity index (χ3v) is 4.68. The lowest BCUT2D eigenvalue weighted by Gasteiger charge is -2.12. The Labute approximate surface area is 141 Å². The molecule has 0 aromatic heterocycles. The van der Waals surface area contributed by atoms with Crippen LogP contribution in [0.1, 0.15) is 12.5 Å². The fourth-order valence-corrected chi connectivity index (χ4v) is 3.21. The van der Waals surface area contributed by atoms with Crippen LogP contribution in [0.3, 0.4) is 0 Å². The predicted molar refractivity (Wildman–Crippen MR) is 95.3 cm³/mol. The Morgan fingerprint density at radius 3 is 2.26 bits per heavy atom. The molecule has 0 spiro atoms. The van der Waals surface area contributed by atoms with Crippen molar-refractivity contribution in [1.82, 2.24) is 4.72 Å². The van der Waals surface area contributed by atoms with Gasteiger partial charge in [-0.25, -0.2) is 8.42 Å². The van der Waals surface area contributed by atoms with Crippen LogP contribution in [0.15, 0.2) is 53.4 Å². The van der Waals surface area contributed by atoms with Crippen molar-refractivity contribution in [3.8, 4) is 5.75 Å². The van der Waals surface area contributed by atoms with Gasteiger partial charge in [-0.2, -0.15) is 0 Å². The van der Waals surface area contributed by atoms with Gasteiger partial charge in [-0.1, -0.05) is 17.7 Å². The highest BCUT2D eigenvalue weighted by molar-refractivity contribution is 7.92. The maximum atomic E-state index is 12.2. The van der Waals surface area contributed by atoms with Crippen LogP contribution in [0.5, 0.6) is 5.75 Å². The zero-order valence-electron chi connectivity index (χ0n) is 12.9. The van der Waals surface area contributed by atoms with E-state index >= 15 is 0 Å². The predicted octanol–water partition coefficient (Wildman–Crippen LogP) is 3.07. The van der Waals surface area contributed by atoms with Crippen LogP contribution in [-0.4, -0.2) is 20.1 Å². The lowest BCUT2D eigenvalue weighted by molar-refractivity contribution is 0.340. The van der Waals surface area contributed by atoms with Gasteiger partial charge in [-0.3, -0.25) is 4.72 Å². The lowest BCUT2D eigenvalue weighted by atomic mass is 10.2. The number of hydrogen-bond donors (Lipinski definition) is 2. The molecular weight excluding hydrogens is 332 g/mol. The second-order valence-corrected chi connectivity index (χ2v) is 6.92. The highest BCUT2D eigenvalue weighted by Gasteiger charge is 2.15. The number of rotatable bonds is 5. The molecule has 0 aliphatic rings. The topological polar surface area (TPSA) is 67.4 Å². The summed E-state index contributed by atoms with van der Waals surface area (Å²) in [6.45, 7) is 4.38. The minimum atomic E-state index is -3.69.